The molecule has 0 saturated carbocycles. The van der Waals surface area contributed by atoms with Crippen molar-refractivity contribution in [1.82, 2.24) is 15.3 Å². The molecular formula is C27H24FN3O2. The second-order valence-corrected chi connectivity index (χ2v) is 8.23. The fourth-order valence-electron chi connectivity index (χ4n) is 3.62. The van der Waals surface area contributed by atoms with Crippen LogP contribution in [-0.2, 0) is 0 Å². The molecule has 3 N–H and O–H groups in total. The van der Waals surface area contributed by atoms with Crippen LogP contribution in [0.4, 0.5) is 4.39 Å². The van der Waals surface area contributed by atoms with E-state index < -0.39 is 17.8 Å². The van der Waals surface area contributed by atoms with Gasteiger partial charge in [-0.3, -0.25) is 4.79 Å². The first-order chi connectivity index (χ1) is 15.8. The van der Waals surface area contributed by atoms with Crippen LogP contribution in [0.1, 0.15) is 52.9 Å². The number of carbonyl (C=O) groups excluding carboxylic acids is 1. The molecule has 1 amide bonds. The Bertz CT molecular complexity index is 1360. The molecule has 0 radical (unpaired) electrons. The lowest BCUT2D eigenvalue weighted by molar-refractivity contribution is 0.0936. The minimum Gasteiger partial charge on any atom is -0.508 e. The van der Waals surface area contributed by atoms with E-state index in [9.17, 15) is 14.3 Å². The van der Waals surface area contributed by atoms with Gasteiger partial charge in [0.15, 0.2) is 0 Å². The Balaban J connectivity index is 1.75. The third-order valence-electron chi connectivity index (χ3n) is 5.13. The molecule has 2 aromatic heterocycles. The molecule has 5 nitrogen and oxygen atoms in total. The molecule has 0 spiro atoms. The minimum absolute atomic E-state index is 0.124. The molecule has 1 atom stereocenters. The highest BCUT2D eigenvalue weighted by Gasteiger charge is 2.24. The minimum atomic E-state index is -0.826. The van der Waals surface area contributed by atoms with Crippen molar-refractivity contribution in [2.45, 2.75) is 26.8 Å². The average Bonchev–Trinajstić information content (AvgIpc) is 3.21. The highest BCUT2D eigenvalue weighted by Crippen LogP contribution is 2.31. The molecule has 166 valence electrons. The standard InChI is InChI=1S/C27H24FN3O2/c1-16(2)8-9-18-12-17(3)29-24(13-18)27(33)31-26(21-15-20(28)10-11-25(21)32)23-14-19-6-4-5-7-22(19)30-23/h4-7,10-16,26,30,32H,1-3H3,(H,31,33). The van der Waals surface area contributed by atoms with Gasteiger partial charge < -0.3 is 15.4 Å². The number of fused-ring (bicyclic) bond motifs is 1. The summed E-state index contributed by atoms with van der Waals surface area (Å²) in [5.74, 6) is 5.25. The molecule has 0 aliphatic carbocycles. The second-order valence-electron chi connectivity index (χ2n) is 8.23. The molecule has 0 bridgehead atoms. The lowest BCUT2D eigenvalue weighted by atomic mass is 10.0. The molecule has 4 aromatic rings. The number of phenols is 1. The van der Waals surface area contributed by atoms with Crippen LogP contribution >= 0.6 is 0 Å². The monoisotopic (exact) mass is 441 g/mol. The van der Waals surface area contributed by atoms with Crippen molar-refractivity contribution in [2.75, 3.05) is 0 Å². The summed E-state index contributed by atoms with van der Waals surface area (Å²) in [5, 5.41) is 14.3. The van der Waals surface area contributed by atoms with E-state index in [0.717, 1.165) is 10.9 Å². The normalized spacial score (nSPS) is 11.8. The number of H-pyrrole nitrogens is 1. The number of benzene rings is 2. The van der Waals surface area contributed by atoms with E-state index in [1.165, 1.54) is 18.2 Å². The van der Waals surface area contributed by atoms with Crippen molar-refractivity contribution < 1.29 is 14.3 Å². The number of aromatic amines is 1. The van der Waals surface area contributed by atoms with Crippen molar-refractivity contribution in [2.24, 2.45) is 5.92 Å². The van der Waals surface area contributed by atoms with E-state index in [-0.39, 0.29) is 22.9 Å². The van der Waals surface area contributed by atoms with Gasteiger partial charge in [-0.05, 0) is 54.8 Å². The molecule has 2 heterocycles. The first kappa shape index (κ1) is 22.1. The molecule has 0 saturated heterocycles. The number of pyridine rings is 1. The molecule has 0 aliphatic rings. The SMILES string of the molecule is Cc1cc(C#CC(C)C)cc(C(=O)NC(c2cc3ccccc3[nH]2)c2cc(F)ccc2O)n1. The van der Waals surface area contributed by atoms with Gasteiger partial charge in [-0.15, -0.1) is 0 Å². The Labute approximate surface area is 191 Å². The van der Waals surface area contributed by atoms with E-state index in [1.54, 1.807) is 13.0 Å². The van der Waals surface area contributed by atoms with Gasteiger partial charge in [0.25, 0.3) is 5.91 Å². The van der Waals surface area contributed by atoms with Gasteiger partial charge in [-0.1, -0.05) is 43.9 Å². The number of aryl methyl sites for hydroxylation is 1. The summed E-state index contributed by atoms with van der Waals surface area (Å²) in [6.45, 7) is 5.78. The predicted molar refractivity (Wildman–Crippen MR) is 126 cm³/mol. The number of carbonyl (C=O) groups is 1. The van der Waals surface area contributed by atoms with Gasteiger partial charge in [0.1, 0.15) is 17.3 Å². The van der Waals surface area contributed by atoms with Gasteiger partial charge >= 0.3 is 0 Å². The number of nitrogens with zero attached hydrogens (tertiary/aromatic N) is 1. The number of hydrogen-bond acceptors (Lipinski definition) is 3. The maximum absolute atomic E-state index is 14.1. The number of phenolic OH excluding ortho intramolecular Hbond substituents is 1. The van der Waals surface area contributed by atoms with Crippen molar-refractivity contribution in [3.8, 4) is 17.6 Å². The molecule has 0 fully saturated rings. The molecule has 2 aromatic carbocycles. The first-order valence-corrected chi connectivity index (χ1v) is 10.7. The van der Waals surface area contributed by atoms with Crippen molar-refractivity contribution in [3.63, 3.8) is 0 Å². The molecule has 6 heteroatoms. The Morgan fingerprint density at radius 1 is 1.12 bits per heavy atom. The van der Waals surface area contributed by atoms with Crippen molar-refractivity contribution in [1.29, 1.82) is 0 Å². The van der Waals surface area contributed by atoms with Gasteiger partial charge in [0.2, 0.25) is 0 Å². The molecular weight excluding hydrogens is 417 g/mol. The van der Waals surface area contributed by atoms with Crippen LogP contribution in [0.5, 0.6) is 5.75 Å². The van der Waals surface area contributed by atoms with Gasteiger partial charge in [-0.25, -0.2) is 9.37 Å². The Morgan fingerprint density at radius 3 is 2.67 bits per heavy atom. The predicted octanol–water partition coefficient (Wildman–Crippen LogP) is 5.24. The van der Waals surface area contributed by atoms with Crippen molar-refractivity contribution >= 4 is 16.8 Å². The summed E-state index contributed by atoms with van der Waals surface area (Å²) in [5.41, 5.74) is 3.26. The van der Waals surface area contributed by atoms with E-state index in [4.69, 9.17) is 0 Å². The number of aromatic nitrogens is 2. The Kier molecular flexibility index (Phi) is 6.14. The van der Waals surface area contributed by atoms with E-state index in [0.29, 0.717) is 17.0 Å². The van der Waals surface area contributed by atoms with Gasteiger partial charge in [0, 0.05) is 33.9 Å². The number of nitrogens with one attached hydrogen (secondary N) is 2. The van der Waals surface area contributed by atoms with Gasteiger partial charge in [-0.2, -0.15) is 0 Å². The first-order valence-electron chi connectivity index (χ1n) is 10.7. The van der Waals surface area contributed by atoms with E-state index in [2.05, 4.69) is 27.1 Å². The number of amides is 1. The third kappa shape index (κ3) is 5.04. The largest absolute Gasteiger partial charge is 0.508 e. The smallest absolute Gasteiger partial charge is 0.270 e. The lowest BCUT2D eigenvalue weighted by Gasteiger charge is -2.19. The van der Waals surface area contributed by atoms with Crippen LogP contribution < -0.4 is 5.32 Å². The summed E-state index contributed by atoms with van der Waals surface area (Å²) in [6.07, 6.45) is 0. The quantitative estimate of drug-likeness (QED) is 0.379. The highest BCUT2D eigenvalue weighted by atomic mass is 19.1. The van der Waals surface area contributed by atoms with Crippen LogP contribution in [0.25, 0.3) is 10.9 Å². The van der Waals surface area contributed by atoms with Gasteiger partial charge in [0.05, 0.1) is 6.04 Å². The third-order valence-corrected chi connectivity index (χ3v) is 5.13. The van der Waals surface area contributed by atoms with Crippen LogP contribution in [0.3, 0.4) is 0 Å². The van der Waals surface area contributed by atoms with Crippen LogP contribution in [0.2, 0.25) is 0 Å². The van der Waals surface area contributed by atoms with Crippen molar-refractivity contribution in [3.05, 3.63) is 94.7 Å². The molecule has 33 heavy (non-hydrogen) atoms. The summed E-state index contributed by atoms with van der Waals surface area (Å²) in [4.78, 5) is 20.9. The summed E-state index contributed by atoms with van der Waals surface area (Å²) >= 11 is 0. The zero-order chi connectivity index (χ0) is 23.5. The summed E-state index contributed by atoms with van der Waals surface area (Å²) in [6, 6.07) is 15.8. The molecule has 0 aliphatic heterocycles. The lowest BCUT2D eigenvalue weighted by Crippen LogP contribution is -2.30. The number of para-hydroxylation sites is 1. The zero-order valence-electron chi connectivity index (χ0n) is 18.6. The summed E-state index contributed by atoms with van der Waals surface area (Å²) < 4.78 is 14.1. The number of halogens is 1. The van der Waals surface area contributed by atoms with E-state index in [1.807, 2.05) is 50.2 Å². The van der Waals surface area contributed by atoms with Crippen LogP contribution in [0, 0.1) is 30.5 Å². The summed E-state index contributed by atoms with van der Waals surface area (Å²) in [7, 11) is 0. The number of hydrogen-bond donors (Lipinski definition) is 3. The fourth-order valence-corrected chi connectivity index (χ4v) is 3.62. The zero-order valence-corrected chi connectivity index (χ0v) is 18.6. The van der Waals surface area contributed by atoms with E-state index >= 15 is 0 Å². The highest BCUT2D eigenvalue weighted by molar-refractivity contribution is 5.93. The van der Waals surface area contributed by atoms with Crippen LogP contribution in [0.15, 0.2) is 60.7 Å². The fraction of sp³-hybridized carbons (Fsp3) is 0.185. The second kappa shape index (κ2) is 9.17. The maximum atomic E-state index is 14.1. The number of aromatic hydroxyl groups is 1. The number of rotatable bonds is 4. The van der Waals surface area contributed by atoms with Crippen LogP contribution in [-0.4, -0.2) is 21.0 Å². The molecule has 4 rings (SSSR count). The average molecular weight is 442 g/mol. The molecule has 1 unspecified atom stereocenters. The Morgan fingerprint density at radius 2 is 1.91 bits per heavy atom. The maximum Gasteiger partial charge on any atom is 0.270 e. The topological polar surface area (TPSA) is 78.0 Å². The Hall–Kier alpha value is -4.11.